The number of anilines is 1. The number of nitrogens with one attached hydrogen (secondary N) is 1. The van der Waals surface area contributed by atoms with Gasteiger partial charge in [0.1, 0.15) is 11.6 Å². The standard InChI is InChI=1S/C21H26FN3O2/c1-16-7-8-17(13-18(16)22)14-23-21(26)15-24-9-11-25(12-10-24)19-5-3-4-6-20(19)27-2/h3-8,13H,9-12,14-15H2,1-2H3,(H,23,26). The van der Waals surface area contributed by atoms with E-state index >= 15 is 0 Å². The van der Waals surface area contributed by atoms with Crippen LogP contribution in [-0.2, 0) is 11.3 Å². The van der Waals surface area contributed by atoms with Gasteiger partial charge in [0.15, 0.2) is 0 Å². The molecule has 1 fully saturated rings. The molecule has 1 saturated heterocycles. The molecule has 0 atom stereocenters. The summed E-state index contributed by atoms with van der Waals surface area (Å²) in [7, 11) is 1.68. The summed E-state index contributed by atoms with van der Waals surface area (Å²) >= 11 is 0. The number of ether oxygens (including phenoxy) is 1. The van der Waals surface area contributed by atoms with Gasteiger partial charge < -0.3 is 15.0 Å². The third kappa shape index (κ3) is 4.98. The van der Waals surface area contributed by atoms with Gasteiger partial charge in [-0.25, -0.2) is 4.39 Å². The predicted octanol–water partition coefficient (Wildman–Crippen LogP) is 2.58. The summed E-state index contributed by atoms with van der Waals surface area (Å²) in [5.74, 6) is 0.588. The normalized spacial score (nSPS) is 14.9. The fourth-order valence-electron chi connectivity index (χ4n) is 3.24. The maximum Gasteiger partial charge on any atom is 0.234 e. The zero-order valence-corrected chi connectivity index (χ0v) is 15.9. The molecule has 0 aliphatic carbocycles. The van der Waals surface area contributed by atoms with E-state index in [4.69, 9.17) is 4.74 Å². The summed E-state index contributed by atoms with van der Waals surface area (Å²) in [6.45, 7) is 5.73. The van der Waals surface area contributed by atoms with Crippen molar-refractivity contribution in [3.63, 3.8) is 0 Å². The van der Waals surface area contributed by atoms with Gasteiger partial charge in [0.25, 0.3) is 0 Å². The van der Waals surface area contributed by atoms with Crippen LogP contribution in [0.4, 0.5) is 10.1 Å². The molecule has 1 amide bonds. The fraction of sp³-hybridized carbons (Fsp3) is 0.381. The lowest BCUT2D eigenvalue weighted by atomic mass is 10.1. The lowest BCUT2D eigenvalue weighted by Gasteiger charge is -2.36. The highest BCUT2D eigenvalue weighted by atomic mass is 19.1. The van der Waals surface area contributed by atoms with E-state index in [1.165, 1.54) is 6.07 Å². The Kier molecular flexibility index (Phi) is 6.29. The average Bonchev–Trinajstić information content (AvgIpc) is 2.69. The number of aryl methyl sites for hydroxylation is 1. The van der Waals surface area contributed by atoms with Gasteiger partial charge in [-0.1, -0.05) is 24.3 Å². The van der Waals surface area contributed by atoms with Crippen LogP contribution in [0, 0.1) is 12.7 Å². The molecular weight excluding hydrogens is 345 g/mol. The molecule has 0 bridgehead atoms. The fourth-order valence-corrected chi connectivity index (χ4v) is 3.24. The molecule has 1 N–H and O–H groups in total. The Morgan fingerprint density at radius 1 is 1.15 bits per heavy atom. The minimum atomic E-state index is -0.241. The number of nitrogens with zero attached hydrogens (tertiary/aromatic N) is 2. The first-order chi connectivity index (χ1) is 13.1. The highest BCUT2D eigenvalue weighted by molar-refractivity contribution is 5.78. The van der Waals surface area contributed by atoms with E-state index in [-0.39, 0.29) is 11.7 Å². The molecule has 0 aromatic heterocycles. The van der Waals surface area contributed by atoms with Gasteiger partial charge >= 0.3 is 0 Å². The highest BCUT2D eigenvalue weighted by Gasteiger charge is 2.20. The lowest BCUT2D eigenvalue weighted by Crippen LogP contribution is -2.49. The molecule has 0 radical (unpaired) electrons. The van der Waals surface area contributed by atoms with Gasteiger partial charge in [-0.2, -0.15) is 0 Å². The van der Waals surface area contributed by atoms with Crippen molar-refractivity contribution >= 4 is 11.6 Å². The molecule has 27 heavy (non-hydrogen) atoms. The molecule has 3 rings (SSSR count). The second-order valence-electron chi connectivity index (χ2n) is 6.80. The Labute approximate surface area is 159 Å². The summed E-state index contributed by atoms with van der Waals surface area (Å²) in [5, 5.41) is 2.87. The van der Waals surface area contributed by atoms with Crippen molar-refractivity contribution in [2.24, 2.45) is 0 Å². The topological polar surface area (TPSA) is 44.8 Å². The minimum absolute atomic E-state index is 0.0401. The third-order valence-corrected chi connectivity index (χ3v) is 4.89. The number of para-hydroxylation sites is 2. The van der Waals surface area contributed by atoms with Crippen LogP contribution in [0.1, 0.15) is 11.1 Å². The SMILES string of the molecule is COc1ccccc1N1CCN(CC(=O)NCc2ccc(C)c(F)c2)CC1. The van der Waals surface area contributed by atoms with Crippen molar-refractivity contribution in [1.82, 2.24) is 10.2 Å². The molecule has 1 aliphatic heterocycles. The van der Waals surface area contributed by atoms with Gasteiger partial charge in [0, 0.05) is 32.7 Å². The summed E-state index contributed by atoms with van der Waals surface area (Å²) in [6.07, 6.45) is 0. The summed E-state index contributed by atoms with van der Waals surface area (Å²) in [6, 6.07) is 13.0. The molecule has 2 aromatic rings. The number of carbonyl (C=O) groups is 1. The number of piperazine rings is 1. The Bertz CT molecular complexity index is 789. The van der Waals surface area contributed by atoms with Crippen molar-refractivity contribution in [3.05, 3.63) is 59.4 Å². The summed E-state index contributed by atoms with van der Waals surface area (Å²) in [5.41, 5.74) is 2.47. The monoisotopic (exact) mass is 371 g/mol. The number of carbonyl (C=O) groups excluding carboxylic acids is 1. The number of amides is 1. The molecule has 0 saturated carbocycles. The lowest BCUT2D eigenvalue weighted by molar-refractivity contribution is -0.122. The first-order valence-electron chi connectivity index (χ1n) is 9.19. The molecule has 2 aromatic carbocycles. The number of benzene rings is 2. The van der Waals surface area contributed by atoms with Gasteiger partial charge in [-0.05, 0) is 36.2 Å². The Balaban J connectivity index is 1.46. The van der Waals surface area contributed by atoms with Gasteiger partial charge in [0.05, 0.1) is 19.3 Å². The van der Waals surface area contributed by atoms with E-state index in [1.54, 1.807) is 20.1 Å². The van der Waals surface area contributed by atoms with Crippen LogP contribution in [0.5, 0.6) is 5.75 Å². The second kappa shape index (κ2) is 8.86. The summed E-state index contributed by atoms with van der Waals surface area (Å²) < 4.78 is 19.0. The average molecular weight is 371 g/mol. The molecule has 144 valence electrons. The van der Waals surface area contributed by atoms with E-state index in [0.717, 1.165) is 43.2 Å². The van der Waals surface area contributed by atoms with Crippen LogP contribution in [0.15, 0.2) is 42.5 Å². The molecule has 0 spiro atoms. The first-order valence-corrected chi connectivity index (χ1v) is 9.19. The van der Waals surface area contributed by atoms with E-state index < -0.39 is 0 Å². The van der Waals surface area contributed by atoms with Crippen LogP contribution < -0.4 is 15.0 Å². The maximum absolute atomic E-state index is 13.6. The summed E-state index contributed by atoms with van der Waals surface area (Å²) in [4.78, 5) is 16.6. The largest absolute Gasteiger partial charge is 0.495 e. The minimum Gasteiger partial charge on any atom is -0.495 e. The Morgan fingerprint density at radius 2 is 1.89 bits per heavy atom. The molecule has 6 heteroatoms. The zero-order chi connectivity index (χ0) is 19.2. The van der Waals surface area contributed by atoms with Crippen molar-refractivity contribution < 1.29 is 13.9 Å². The van der Waals surface area contributed by atoms with Crippen molar-refractivity contribution in [2.45, 2.75) is 13.5 Å². The first kappa shape index (κ1) is 19.2. The number of rotatable bonds is 6. The van der Waals surface area contributed by atoms with Crippen LogP contribution in [0.3, 0.4) is 0 Å². The quantitative estimate of drug-likeness (QED) is 0.848. The van der Waals surface area contributed by atoms with Crippen molar-refractivity contribution in [3.8, 4) is 5.75 Å². The van der Waals surface area contributed by atoms with E-state index in [0.29, 0.717) is 18.7 Å². The molecular formula is C21H26FN3O2. The Hall–Kier alpha value is -2.60. The molecule has 0 unspecified atom stereocenters. The maximum atomic E-state index is 13.6. The van der Waals surface area contributed by atoms with E-state index in [1.807, 2.05) is 24.3 Å². The van der Waals surface area contributed by atoms with Crippen LogP contribution in [-0.4, -0.2) is 50.6 Å². The molecule has 1 heterocycles. The molecule has 1 aliphatic rings. The zero-order valence-electron chi connectivity index (χ0n) is 15.9. The smallest absolute Gasteiger partial charge is 0.234 e. The Morgan fingerprint density at radius 3 is 2.59 bits per heavy atom. The number of hydrogen-bond donors (Lipinski definition) is 1. The van der Waals surface area contributed by atoms with E-state index in [2.05, 4.69) is 21.2 Å². The van der Waals surface area contributed by atoms with Crippen LogP contribution in [0.2, 0.25) is 0 Å². The highest BCUT2D eigenvalue weighted by Crippen LogP contribution is 2.28. The number of hydrogen-bond acceptors (Lipinski definition) is 4. The predicted molar refractivity (Wildman–Crippen MR) is 105 cm³/mol. The van der Waals surface area contributed by atoms with Gasteiger partial charge in [-0.3, -0.25) is 9.69 Å². The van der Waals surface area contributed by atoms with Crippen molar-refractivity contribution in [2.75, 3.05) is 44.7 Å². The van der Waals surface area contributed by atoms with E-state index in [9.17, 15) is 9.18 Å². The molecule has 5 nitrogen and oxygen atoms in total. The van der Waals surface area contributed by atoms with Gasteiger partial charge in [-0.15, -0.1) is 0 Å². The second-order valence-corrected chi connectivity index (χ2v) is 6.80. The van der Waals surface area contributed by atoms with Gasteiger partial charge in [0.2, 0.25) is 5.91 Å². The van der Waals surface area contributed by atoms with Crippen molar-refractivity contribution in [1.29, 1.82) is 0 Å². The number of methoxy groups -OCH3 is 1. The third-order valence-electron chi connectivity index (χ3n) is 4.89. The van der Waals surface area contributed by atoms with Crippen LogP contribution >= 0.6 is 0 Å². The number of halogens is 1. The van der Waals surface area contributed by atoms with Crippen LogP contribution in [0.25, 0.3) is 0 Å².